The highest BCUT2D eigenvalue weighted by Crippen LogP contribution is 2.02. The minimum Gasteiger partial charge on any atom is -0.356 e. The van der Waals surface area contributed by atoms with Crippen molar-refractivity contribution in [3.05, 3.63) is 63.1 Å². The van der Waals surface area contributed by atoms with E-state index in [0.29, 0.717) is 17.8 Å². The van der Waals surface area contributed by atoms with Crippen molar-refractivity contribution in [1.82, 2.24) is 19.1 Å². The van der Waals surface area contributed by atoms with Gasteiger partial charge >= 0.3 is 5.69 Å². The van der Waals surface area contributed by atoms with Crippen molar-refractivity contribution in [2.24, 2.45) is 7.05 Å². The molecule has 0 aliphatic heterocycles. The number of imidazole rings is 1. The van der Waals surface area contributed by atoms with E-state index < -0.39 is 11.2 Å². The van der Waals surface area contributed by atoms with Gasteiger partial charge in [0.25, 0.3) is 5.56 Å². The van der Waals surface area contributed by atoms with E-state index in [1.54, 1.807) is 7.05 Å². The first-order valence-corrected chi connectivity index (χ1v) is 6.43. The number of aromatic nitrogens is 4. The van der Waals surface area contributed by atoms with Gasteiger partial charge in [-0.15, -0.1) is 0 Å². The maximum absolute atomic E-state index is 12.2. The molecule has 0 aliphatic rings. The molecular weight excluding hydrogens is 272 g/mol. The number of benzene rings is 1. The summed E-state index contributed by atoms with van der Waals surface area (Å²) in [6.45, 7) is 0.229. The van der Waals surface area contributed by atoms with Gasteiger partial charge in [0.1, 0.15) is 12.2 Å². The molecule has 0 unspecified atom stereocenters. The summed E-state index contributed by atoms with van der Waals surface area (Å²) >= 11 is 0. The molecule has 1 N–H and O–H groups in total. The molecule has 7 heteroatoms. The molecule has 0 atom stereocenters. The number of hydrogen-bond acceptors (Lipinski definition) is 4. The second-order valence-corrected chi connectivity index (χ2v) is 4.64. The molecule has 0 aliphatic carbocycles. The highest BCUT2D eigenvalue weighted by Gasteiger charge is 2.12. The van der Waals surface area contributed by atoms with Crippen molar-refractivity contribution in [2.45, 2.75) is 13.3 Å². The average Bonchev–Trinajstić information content (AvgIpc) is 2.99. The van der Waals surface area contributed by atoms with Crippen LogP contribution in [0.3, 0.4) is 0 Å². The highest BCUT2D eigenvalue weighted by atomic mass is 16.5. The molecule has 3 rings (SSSR count). The zero-order valence-corrected chi connectivity index (χ0v) is 11.4. The van der Waals surface area contributed by atoms with Crippen LogP contribution < -0.4 is 11.2 Å². The van der Waals surface area contributed by atoms with Gasteiger partial charge in [0.2, 0.25) is 0 Å². The summed E-state index contributed by atoms with van der Waals surface area (Å²) in [5.74, 6) is 0. The molecule has 0 spiro atoms. The molecule has 0 amide bonds. The number of H-pyrrole nitrogens is 1. The zero-order valence-electron chi connectivity index (χ0n) is 11.4. The van der Waals surface area contributed by atoms with Crippen molar-refractivity contribution < 1.29 is 4.74 Å². The lowest BCUT2D eigenvalue weighted by Crippen LogP contribution is -2.39. The number of nitrogens with one attached hydrogen (secondary N) is 1. The fraction of sp³-hybridized carbons (Fsp3) is 0.214. The van der Waals surface area contributed by atoms with Gasteiger partial charge in [-0.1, -0.05) is 30.3 Å². The van der Waals surface area contributed by atoms with Gasteiger partial charge in [-0.3, -0.25) is 9.36 Å². The predicted molar refractivity (Wildman–Crippen MR) is 76.8 cm³/mol. The maximum Gasteiger partial charge on any atom is 0.334 e. The molecule has 108 valence electrons. The monoisotopic (exact) mass is 286 g/mol. The lowest BCUT2D eigenvalue weighted by Gasteiger charge is -2.08. The molecular formula is C14H14N4O3. The molecule has 21 heavy (non-hydrogen) atoms. The third-order valence-corrected chi connectivity index (χ3v) is 3.25. The number of fused-ring (bicyclic) bond motifs is 1. The number of rotatable bonds is 4. The van der Waals surface area contributed by atoms with E-state index >= 15 is 0 Å². The molecule has 0 bridgehead atoms. The van der Waals surface area contributed by atoms with Gasteiger partial charge in [-0.25, -0.2) is 14.3 Å². The summed E-state index contributed by atoms with van der Waals surface area (Å²) < 4.78 is 7.83. The van der Waals surface area contributed by atoms with Crippen LogP contribution in [0, 0.1) is 0 Å². The Bertz CT molecular complexity index is 877. The Kier molecular flexibility index (Phi) is 3.41. The van der Waals surface area contributed by atoms with Crippen LogP contribution in [0.2, 0.25) is 0 Å². The molecule has 2 aromatic heterocycles. The lowest BCUT2D eigenvalue weighted by molar-refractivity contribution is 0.0585. The second-order valence-electron chi connectivity index (χ2n) is 4.64. The Morgan fingerprint density at radius 3 is 2.76 bits per heavy atom. The van der Waals surface area contributed by atoms with Crippen LogP contribution in [0.15, 0.2) is 46.2 Å². The van der Waals surface area contributed by atoms with Crippen molar-refractivity contribution in [1.29, 1.82) is 0 Å². The van der Waals surface area contributed by atoms with Crippen LogP contribution in [0.4, 0.5) is 0 Å². The first-order valence-electron chi connectivity index (χ1n) is 6.43. The smallest absolute Gasteiger partial charge is 0.334 e. The highest BCUT2D eigenvalue weighted by molar-refractivity contribution is 5.68. The quantitative estimate of drug-likeness (QED) is 0.761. The lowest BCUT2D eigenvalue weighted by atomic mass is 10.2. The largest absolute Gasteiger partial charge is 0.356 e. The van der Waals surface area contributed by atoms with Gasteiger partial charge < -0.3 is 9.72 Å². The third kappa shape index (κ3) is 2.38. The molecule has 0 radical (unpaired) electrons. The van der Waals surface area contributed by atoms with Crippen LogP contribution >= 0.6 is 0 Å². The van der Waals surface area contributed by atoms with Gasteiger partial charge in [0.05, 0.1) is 12.9 Å². The van der Waals surface area contributed by atoms with Crippen molar-refractivity contribution in [3.8, 4) is 0 Å². The Hall–Kier alpha value is -2.67. The van der Waals surface area contributed by atoms with Gasteiger partial charge in [0, 0.05) is 7.05 Å². The molecule has 2 heterocycles. The van der Waals surface area contributed by atoms with Crippen molar-refractivity contribution >= 4 is 11.2 Å². The Morgan fingerprint density at radius 1 is 1.24 bits per heavy atom. The number of ether oxygens (including phenoxy) is 1. The molecule has 0 saturated carbocycles. The fourth-order valence-electron chi connectivity index (χ4n) is 2.14. The Labute approximate surface area is 119 Å². The van der Waals surface area contributed by atoms with Crippen LogP contribution in [-0.4, -0.2) is 19.1 Å². The zero-order chi connectivity index (χ0) is 14.8. The minimum atomic E-state index is -0.451. The minimum absolute atomic E-state index is 0.102. The van der Waals surface area contributed by atoms with Crippen molar-refractivity contribution in [3.63, 3.8) is 0 Å². The molecule has 1 aromatic carbocycles. The van der Waals surface area contributed by atoms with Gasteiger partial charge in [0.15, 0.2) is 5.65 Å². The van der Waals surface area contributed by atoms with E-state index in [4.69, 9.17) is 4.74 Å². The first kappa shape index (κ1) is 13.3. The fourth-order valence-corrected chi connectivity index (χ4v) is 2.14. The number of nitrogens with zero attached hydrogens (tertiary/aromatic N) is 3. The molecule has 0 fully saturated rings. The Balaban J connectivity index is 1.87. The summed E-state index contributed by atoms with van der Waals surface area (Å²) in [5.41, 5.74) is 0.723. The van der Waals surface area contributed by atoms with E-state index in [1.807, 2.05) is 30.3 Å². The molecule has 3 aromatic rings. The van der Waals surface area contributed by atoms with Gasteiger partial charge in [-0.2, -0.15) is 0 Å². The van der Waals surface area contributed by atoms with E-state index in [1.165, 1.54) is 10.9 Å². The summed E-state index contributed by atoms with van der Waals surface area (Å²) in [6, 6.07) is 9.55. The molecule has 0 saturated heterocycles. The van der Waals surface area contributed by atoms with Crippen LogP contribution in [0.5, 0.6) is 0 Å². The van der Waals surface area contributed by atoms with E-state index in [-0.39, 0.29) is 6.73 Å². The van der Waals surface area contributed by atoms with E-state index in [9.17, 15) is 9.59 Å². The normalized spacial score (nSPS) is 11.1. The molecule has 7 nitrogen and oxygen atoms in total. The summed E-state index contributed by atoms with van der Waals surface area (Å²) in [7, 11) is 1.57. The van der Waals surface area contributed by atoms with Crippen LogP contribution in [0.1, 0.15) is 5.56 Å². The average molecular weight is 286 g/mol. The van der Waals surface area contributed by atoms with Gasteiger partial charge in [-0.05, 0) is 5.56 Å². The summed E-state index contributed by atoms with van der Waals surface area (Å²) in [6.07, 6.45) is 1.39. The van der Waals surface area contributed by atoms with E-state index in [2.05, 4.69) is 9.97 Å². The SMILES string of the molecule is Cn1c(=O)n(COCc2ccccc2)c(=O)c2[nH]cnc21. The third-order valence-electron chi connectivity index (χ3n) is 3.25. The predicted octanol–water partition coefficient (Wildman–Crippen LogP) is 0.598. The van der Waals surface area contributed by atoms with Crippen molar-refractivity contribution in [2.75, 3.05) is 0 Å². The topological polar surface area (TPSA) is 81.9 Å². The first-order chi connectivity index (χ1) is 10.2. The standard InChI is InChI=1S/C14H14N4O3/c1-17-12-11(15-8-16-12)13(19)18(14(17)20)9-21-7-10-5-3-2-4-6-10/h2-6,8H,7,9H2,1H3,(H,15,16). The second kappa shape index (κ2) is 5.37. The number of hydrogen-bond donors (Lipinski definition) is 1. The van der Waals surface area contributed by atoms with E-state index in [0.717, 1.165) is 10.1 Å². The maximum atomic E-state index is 12.2. The number of aryl methyl sites for hydroxylation is 1. The van der Waals surface area contributed by atoms with Crippen LogP contribution in [0.25, 0.3) is 11.2 Å². The summed E-state index contributed by atoms with van der Waals surface area (Å²) in [4.78, 5) is 31.0. The Morgan fingerprint density at radius 2 is 2.00 bits per heavy atom. The summed E-state index contributed by atoms with van der Waals surface area (Å²) in [5, 5.41) is 0. The van der Waals surface area contributed by atoms with Crippen LogP contribution in [-0.2, 0) is 25.1 Å². The number of aromatic amines is 1.